The minimum absolute atomic E-state index is 0.625. The smallest absolute Gasteiger partial charge is 0.143 e. The number of hydrogen-bond acceptors (Lipinski definition) is 2. The molecule has 0 N–H and O–H groups in total. The molecule has 4 heteroatoms. The molecule has 14 heavy (non-hydrogen) atoms. The molecule has 2 unspecified atom stereocenters. The summed E-state index contributed by atoms with van der Waals surface area (Å²) in [5.74, 6) is 3.59. The van der Waals surface area contributed by atoms with Crippen LogP contribution in [0.3, 0.4) is 0 Å². The minimum Gasteiger partial charge on any atom is -0.317 e. The van der Waals surface area contributed by atoms with Crippen LogP contribution in [0, 0.1) is 5.92 Å². The Balaban J connectivity index is 2.27. The second-order valence-electron chi connectivity index (χ2n) is 4.18. The van der Waals surface area contributed by atoms with Crippen LogP contribution in [-0.4, -0.2) is 14.8 Å². The third-order valence-corrected chi connectivity index (χ3v) is 3.81. The maximum Gasteiger partial charge on any atom is 0.143 e. The maximum atomic E-state index is 4.30. The molecule has 1 saturated carbocycles. The number of alkyl halides is 1. The summed E-state index contributed by atoms with van der Waals surface area (Å²) in [5, 5.41) is 9.27. The van der Waals surface area contributed by atoms with Crippen molar-refractivity contribution in [2.45, 2.75) is 37.4 Å². The van der Waals surface area contributed by atoms with Gasteiger partial charge in [-0.05, 0) is 18.8 Å². The molecule has 1 heterocycles. The third-order valence-electron chi connectivity index (χ3n) is 3.31. The number of hydrogen-bond donors (Lipinski definition) is 0. The van der Waals surface area contributed by atoms with Crippen LogP contribution in [0.15, 0.2) is 0 Å². The zero-order valence-corrected chi connectivity index (χ0v) is 10.3. The minimum atomic E-state index is 0.625. The molecule has 2 atom stereocenters. The lowest BCUT2D eigenvalue weighted by molar-refractivity contribution is 0.494. The summed E-state index contributed by atoms with van der Waals surface area (Å²) in [7, 11) is 2.07. The first-order valence-corrected chi connectivity index (χ1v) is 6.30. The van der Waals surface area contributed by atoms with Crippen LogP contribution >= 0.6 is 15.9 Å². The van der Waals surface area contributed by atoms with Crippen LogP contribution in [0.25, 0.3) is 0 Å². The van der Waals surface area contributed by atoms with Gasteiger partial charge in [0, 0.05) is 13.0 Å². The van der Waals surface area contributed by atoms with Gasteiger partial charge in [0.25, 0.3) is 0 Å². The monoisotopic (exact) mass is 257 g/mol. The van der Waals surface area contributed by atoms with Gasteiger partial charge in [-0.2, -0.15) is 0 Å². The van der Waals surface area contributed by atoms with E-state index in [1.807, 2.05) is 0 Å². The van der Waals surface area contributed by atoms with E-state index in [9.17, 15) is 0 Å². The Bertz CT molecular complexity index is 321. The van der Waals surface area contributed by atoms with Gasteiger partial charge in [0.2, 0.25) is 0 Å². The van der Waals surface area contributed by atoms with E-state index in [4.69, 9.17) is 0 Å². The van der Waals surface area contributed by atoms with Gasteiger partial charge in [0.15, 0.2) is 0 Å². The largest absolute Gasteiger partial charge is 0.317 e. The fraction of sp³-hybridized carbons (Fsp3) is 0.800. The van der Waals surface area contributed by atoms with Crippen molar-refractivity contribution in [1.29, 1.82) is 0 Å². The number of rotatable bonds is 2. The average Bonchev–Trinajstić information content (AvgIpc) is 2.72. The summed E-state index contributed by atoms with van der Waals surface area (Å²) in [4.78, 5) is 0. The Morgan fingerprint density at radius 1 is 1.43 bits per heavy atom. The standard InChI is InChI=1S/C10H16BrN3/c1-7-4-3-5-8(7)10-13-12-9(6-11)14(10)2/h7-8H,3-6H2,1-2H3. The normalized spacial score (nSPS) is 27.1. The van der Waals surface area contributed by atoms with E-state index in [0.29, 0.717) is 5.92 Å². The van der Waals surface area contributed by atoms with E-state index in [-0.39, 0.29) is 0 Å². The van der Waals surface area contributed by atoms with Crippen molar-refractivity contribution >= 4 is 15.9 Å². The highest BCUT2D eigenvalue weighted by molar-refractivity contribution is 9.08. The second kappa shape index (κ2) is 4.01. The molecule has 0 radical (unpaired) electrons. The lowest BCUT2D eigenvalue weighted by atomic mass is 9.97. The van der Waals surface area contributed by atoms with Gasteiger partial charge < -0.3 is 4.57 Å². The summed E-state index contributed by atoms with van der Waals surface area (Å²) in [5.41, 5.74) is 0. The highest BCUT2D eigenvalue weighted by atomic mass is 79.9. The van der Waals surface area contributed by atoms with E-state index in [1.54, 1.807) is 0 Å². The molecule has 1 aliphatic rings. The summed E-state index contributed by atoms with van der Waals surface area (Å²) >= 11 is 3.42. The molecule has 0 saturated heterocycles. The second-order valence-corrected chi connectivity index (χ2v) is 4.74. The Kier molecular flexibility index (Phi) is 2.91. The van der Waals surface area contributed by atoms with Gasteiger partial charge >= 0.3 is 0 Å². The third kappa shape index (κ3) is 1.60. The quantitative estimate of drug-likeness (QED) is 0.763. The van der Waals surface area contributed by atoms with Gasteiger partial charge in [0.1, 0.15) is 11.6 Å². The van der Waals surface area contributed by atoms with Crippen molar-refractivity contribution in [3.8, 4) is 0 Å². The molecule has 0 bridgehead atoms. The molecule has 0 amide bonds. The molecular weight excluding hydrogens is 242 g/mol. The zero-order valence-electron chi connectivity index (χ0n) is 8.70. The number of halogens is 1. The van der Waals surface area contributed by atoms with Gasteiger partial charge in [-0.3, -0.25) is 0 Å². The van der Waals surface area contributed by atoms with E-state index >= 15 is 0 Å². The van der Waals surface area contributed by atoms with Crippen molar-refractivity contribution in [2.75, 3.05) is 0 Å². The predicted molar refractivity (Wildman–Crippen MR) is 59.4 cm³/mol. The molecule has 1 aromatic rings. The van der Waals surface area contributed by atoms with Crippen molar-refractivity contribution in [1.82, 2.24) is 14.8 Å². The molecule has 0 spiro atoms. The Hall–Kier alpha value is -0.380. The van der Waals surface area contributed by atoms with Crippen molar-refractivity contribution in [3.05, 3.63) is 11.6 Å². The van der Waals surface area contributed by atoms with Crippen molar-refractivity contribution in [3.63, 3.8) is 0 Å². The first-order chi connectivity index (χ1) is 6.74. The predicted octanol–water partition coefficient (Wildman–Crippen LogP) is 2.61. The molecule has 1 aromatic heterocycles. The summed E-state index contributed by atoms with van der Waals surface area (Å²) < 4.78 is 2.14. The van der Waals surface area contributed by atoms with Crippen LogP contribution < -0.4 is 0 Å². The van der Waals surface area contributed by atoms with Crippen LogP contribution in [0.5, 0.6) is 0 Å². The molecule has 3 nitrogen and oxygen atoms in total. The fourth-order valence-electron chi connectivity index (χ4n) is 2.34. The first-order valence-electron chi connectivity index (χ1n) is 5.18. The SMILES string of the molecule is CC1CCCC1c1nnc(CBr)n1C. The number of aromatic nitrogens is 3. The summed E-state index contributed by atoms with van der Waals surface area (Å²) in [6.45, 7) is 2.32. The van der Waals surface area contributed by atoms with Crippen molar-refractivity contribution < 1.29 is 0 Å². The van der Waals surface area contributed by atoms with Crippen LogP contribution in [-0.2, 0) is 12.4 Å². The topological polar surface area (TPSA) is 30.7 Å². The van der Waals surface area contributed by atoms with E-state index in [1.165, 1.54) is 25.1 Å². The Labute approximate surface area is 93.0 Å². The van der Waals surface area contributed by atoms with Crippen molar-refractivity contribution in [2.24, 2.45) is 13.0 Å². The summed E-state index contributed by atoms with van der Waals surface area (Å²) in [6, 6.07) is 0. The fourth-order valence-corrected chi connectivity index (χ4v) is 2.83. The van der Waals surface area contributed by atoms with Crippen LogP contribution in [0.1, 0.15) is 43.8 Å². The lowest BCUT2D eigenvalue weighted by Gasteiger charge is -2.14. The molecule has 2 rings (SSSR count). The lowest BCUT2D eigenvalue weighted by Crippen LogP contribution is -2.09. The van der Waals surface area contributed by atoms with Gasteiger partial charge in [-0.1, -0.05) is 29.3 Å². The van der Waals surface area contributed by atoms with Gasteiger partial charge in [-0.15, -0.1) is 10.2 Å². The molecular formula is C10H16BrN3. The highest BCUT2D eigenvalue weighted by Crippen LogP contribution is 2.38. The first kappa shape index (κ1) is 10.1. The van der Waals surface area contributed by atoms with Crippen LogP contribution in [0.2, 0.25) is 0 Å². The maximum absolute atomic E-state index is 4.30. The molecule has 78 valence electrons. The van der Waals surface area contributed by atoms with Crippen LogP contribution in [0.4, 0.5) is 0 Å². The van der Waals surface area contributed by atoms with E-state index in [2.05, 4.69) is 44.7 Å². The Morgan fingerprint density at radius 3 is 2.71 bits per heavy atom. The summed E-state index contributed by atoms with van der Waals surface area (Å²) in [6.07, 6.45) is 3.94. The number of nitrogens with zero attached hydrogens (tertiary/aromatic N) is 3. The van der Waals surface area contributed by atoms with Gasteiger partial charge in [0.05, 0.1) is 5.33 Å². The molecule has 1 fully saturated rings. The molecule has 0 aromatic carbocycles. The zero-order chi connectivity index (χ0) is 10.1. The highest BCUT2D eigenvalue weighted by Gasteiger charge is 2.29. The molecule has 0 aliphatic heterocycles. The average molecular weight is 258 g/mol. The molecule has 1 aliphatic carbocycles. The van der Waals surface area contributed by atoms with E-state index in [0.717, 1.165) is 17.1 Å². The van der Waals surface area contributed by atoms with E-state index < -0.39 is 0 Å². The van der Waals surface area contributed by atoms with Gasteiger partial charge in [-0.25, -0.2) is 0 Å². The Morgan fingerprint density at radius 2 is 2.21 bits per heavy atom.